The molecule has 0 unspecified atom stereocenters. The van der Waals surface area contributed by atoms with Gasteiger partial charge in [0.2, 0.25) is 0 Å². The molecule has 0 N–H and O–H groups in total. The molecule has 9 heteroatoms. The summed E-state index contributed by atoms with van der Waals surface area (Å²) in [5.41, 5.74) is -0.259. The molecule has 26 heavy (non-hydrogen) atoms. The van der Waals surface area contributed by atoms with Gasteiger partial charge in [0.25, 0.3) is 0 Å². The maximum atomic E-state index is 12.7. The van der Waals surface area contributed by atoms with Crippen molar-refractivity contribution in [2.45, 2.75) is 59.7 Å². The Labute approximate surface area is 157 Å². The molecule has 0 aliphatic heterocycles. The summed E-state index contributed by atoms with van der Waals surface area (Å²) in [6.45, 7) is 11.3. The van der Waals surface area contributed by atoms with Crippen LogP contribution in [-0.4, -0.2) is 48.9 Å². The Morgan fingerprint density at radius 1 is 1.12 bits per heavy atom. The van der Waals surface area contributed by atoms with Crippen molar-refractivity contribution in [1.82, 2.24) is 24.7 Å². The zero-order valence-corrected chi connectivity index (χ0v) is 16.6. The van der Waals surface area contributed by atoms with E-state index in [0.717, 1.165) is 9.36 Å². The first-order chi connectivity index (χ1) is 12.1. The van der Waals surface area contributed by atoms with E-state index in [1.165, 1.54) is 0 Å². The van der Waals surface area contributed by atoms with Crippen molar-refractivity contribution in [3.05, 3.63) is 33.7 Å². The van der Waals surface area contributed by atoms with Crippen LogP contribution in [0.5, 0.6) is 5.75 Å². The zero-order chi connectivity index (χ0) is 19.6. The number of amides is 1. The van der Waals surface area contributed by atoms with E-state index in [-0.39, 0.29) is 18.2 Å². The van der Waals surface area contributed by atoms with Crippen LogP contribution >= 0.6 is 11.6 Å². The summed E-state index contributed by atoms with van der Waals surface area (Å²) in [7, 11) is 0. The molecule has 1 aromatic heterocycles. The van der Waals surface area contributed by atoms with Gasteiger partial charge in [-0.3, -0.25) is 0 Å². The third-order valence-electron chi connectivity index (χ3n) is 3.62. The molecule has 1 heterocycles. The SMILES string of the molecule is CC(C)Oc1ccc(-n2nnn(C(=O)N(C(C)C)C(C)C)c2=O)cc1Cl. The lowest BCUT2D eigenvalue weighted by Crippen LogP contribution is -2.47. The highest BCUT2D eigenvalue weighted by Gasteiger charge is 2.26. The van der Waals surface area contributed by atoms with Crippen LogP contribution in [0, 0.1) is 0 Å². The van der Waals surface area contributed by atoms with Crippen LogP contribution in [0.25, 0.3) is 5.69 Å². The lowest BCUT2D eigenvalue weighted by molar-refractivity contribution is 0.162. The molecule has 2 rings (SSSR count). The van der Waals surface area contributed by atoms with Crippen LogP contribution in [0.4, 0.5) is 4.79 Å². The Morgan fingerprint density at radius 2 is 1.73 bits per heavy atom. The number of nitrogens with zero attached hydrogens (tertiary/aromatic N) is 5. The molecule has 0 fully saturated rings. The van der Waals surface area contributed by atoms with Gasteiger partial charge in [0.1, 0.15) is 5.75 Å². The van der Waals surface area contributed by atoms with Crippen LogP contribution in [0.2, 0.25) is 5.02 Å². The molecule has 0 atom stereocenters. The number of hydrogen-bond donors (Lipinski definition) is 0. The lowest BCUT2D eigenvalue weighted by atomic mass is 10.2. The van der Waals surface area contributed by atoms with Gasteiger partial charge < -0.3 is 9.64 Å². The highest BCUT2D eigenvalue weighted by atomic mass is 35.5. The first-order valence-electron chi connectivity index (χ1n) is 8.47. The summed E-state index contributed by atoms with van der Waals surface area (Å²) in [5, 5.41) is 7.88. The topological polar surface area (TPSA) is 82.2 Å². The molecule has 1 amide bonds. The number of rotatable bonds is 5. The summed E-state index contributed by atoms with van der Waals surface area (Å²) in [5.74, 6) is 0.507. The van der Waals surface area contributed by atoms with E-state index in [9.17, 15) is 9.59 Å². The third-order valence-corrected chi connectivity index (χ3v) is 3.91. The monoisotopic (exact) mass is 381 g/mol. The number of ether oxygens (including phenoxy) is 1. The molecule has 2 aromatic rings. The third kappa shape index (κ3) is 4.07. The number of tetrazole rings is 1. The Kier molecular flexibility index (Phi) is 6.07. The van der Waals surface area contributed by atoms with Crippen molar-refractivity contribution >= 4 is 17.6 Å². The van der Waals surface area contributed by atoms with E-state index in [2.05, 4.69) is 10.4 Å². The highest BCUT2D eigenvalue weighted by molar-refractivity contribution is 6.32. The molecular formula is C17H24ClN5O3. The van der Waals surface area contributed by atoms with E-state index in [1.807, 2.05) is 41.5 Å². The Morgan fingerprint density at radius 3 is 2.23 bits per heavy atom. The first kappa shape index (κ1) is 20.0. The normalized spacial score (nSPS) is 11.5. The molecule has 0 bridgehead atoms. The molecule has 0 radical (unpaired) electrons. The zero-order valence-electron chi connectivity index (χ0n) is 15.8. The molecule has 0 saturated carbocycles. The maximum absolute atomic E-state index is 12.7. The summed E-state index contributed by atoms with van der Waals surface area (Å²) in [4.78, 5) is 26.8. The lowest BCUT2D eigenvalue weighted by Gasteiger charge is -2.29. The molecular weight excluding hydrogens is 358 g/mol. The van der Waals surface area contributed by atoms with Gasteiger partial charge in [-0.2, -0.15) is 4.68 Å². The van der Waals surface area contributed by atoms with Gasteiger partial charge in [-0.1, -0.05) is 11.6 Å². The smallest absolute Gasteiger partial charge is 0.377 e. The molecule has 0 spiro atoms. The summed E-state index contributed by atoms with van der Waals surface area (Å²) < 4.78 is 7.36. The van der Waals surface area contributed by atoms with Gasteiger partial charge in [-0.05, 0) is 70.2 Å². The standard InChI is InChI=1S/C17H24ClN5O3/c1-10(2)21(11(3)4)16(24)23-17(25)22(19-20-23)13-7-8-15(14(18)9-13)26-12(5)6/h7-12H,1-6H3. The van der Waals surface area contributed by atoms with E-state index < -0.39 is 11.7 Å². The van der Waals surface area contributed by atoms with Crippen molar-refractivity contribution in [2.24, 2.45) is 0 Å². The second-order valence-electron chi connectivity index (χ2n) is 6.74. The molecule has 0 aliphatic carbocycles. The van der Waals surface area contributed by atoms with E-state index >= 15 is 0 Å². The van der Waals surface area contributed by atoms with Gasteiger partial charge in [0, 0.05) is 12.1 Å². The van der Waals surface area contributed by atoms with Gasteiger partial charge >= 0.3 is 11.7 Å². The minimum atomic E-state index is -0.658. The highest BCUT2D eigenvalue weighted by Crippen LogP contribution is 2.27. The summed E-state index contributed by atoms with van der Waals surface area (Å²) >= 11 is 6.21. The van der Waals surface area contributed by atoms with E-state index in [4.69, 9.17) is 16.3 Å². The van der Waals surface area contributed by atoms with Crippen LogP contribution in [0.3, 0.4) is 0 Å². The van der Waals surface area contributed by atoms with Crippen LogP contribution in [0.1, 0.15) is 41.5 Å². The average molecular weight is 382 g/mol. The Hall–Kier alpha value is -2.35. The Balaban J connectivity index is 2.39. The predicted octanol–water partition coefficient (Wildman–Crippen LogP) is 2.96. The maximum Gasteiger partial charge on any atom is 0.377 e. The fourth-order valence-electron chi connectivity index (χ4n) is 2.65. The second kappa shape index (κ2) is 7.90. The van der Waals surface area contributed by atoms with E-state index in [0.29, 0.717) is 16.5 Å². The van der Waals surface area contributed by atoms with Crippen LogP contribution < -0.4 is 10.4 Å². The molecule has 0 aliphatic rings. The molecule has 0 saturated heterocycles. The van der Waals surface area contributed by atoms with Crippen LogP contribution in [0.15, 0.2) is 23.0 Å². The Bertz CT molecular complexity index is 833. The summed E-state index contributed by atoms with van der Waals surface area (Å²) in [6.07, 6.45) is -0.0300. The first-order valence-corrected chi connectivity index (χ1v) is 8.85. The molecule has 1 aromatic carbocycles. The van der Waals surface area contributed by atoms with Gasteiger partial charge in [-0.15, -0.1) is 4.68 Å². The number of benzene rings is 1. The second-order valence-corrected chi connectivity index (χ2v) is 7.15. The summed E-state index contributed by atoms with van der Waals surface area (Å²) in [6, 6.07) is 4.16. The van der Waals surface area contributed by atoms with Crippen molar-refractivity contribution < 1.29 is 9.53 Å². The number of hydrogen-bond acceptors (Lipinski definition) is 5. The fraction of sp³-hybridized carbons (Fsp3) is 0.529. The number of carbonyl (C=O) groups is 1. The van der Waals surface area contributed by atoms with Crippen molar-refractivity contribution in [3.63, 3.8) is 0 Å². The van der Waals surface area contributed by atoms with Crippen molar-refractivity contribution in [2.75, 3.05) is 0 Å². The predicted molar refractivity (Wildman–Crippen MR) is 99.3 cm³/mol. The quantitative estimate of drug-likeness (QED) is 0.743. The van der Waals surface area contributed by atoms with E-state index in [1.54, 1.807) is 23.1 Å². The number of aromatic nitrogens is 4. The van der Waals surface area contributed by atoms with Crippen molar-refractivity contribution in [3.8, 4) is 11.4 Å². The van der Waals surface area contributed by atoms with Crippen molar-refractivity contribution in [1.29, 1.82) is 0 Å². The number of halogens is 1. The van der Waals surface area contributed by atoms with Gasteiger partial charge in [-0.25, -0.2) is 9.59 Å². The van der Waals surface area contributed by atoms with Gasteiger partial charge in [0.05, 0.1) is 16.8 Å². The molecule has 142 valence electrons. The number of carbonyl (C=O) groups excluding carboxylic acids is 1. The molecule has 8 nitrogen and oxygen atoms in total. The van der Waals surface area contributed by atoms with Gasteiger partial charge in [0.15, 0.2) is 0 Å². The minimum absolute atomic E-state index is 0.0300. The fourth-order valence-corrected chi connectivity index (χ4v) is 2.87. The van der Waals surface area contributed by atoms with Crippen LogP contribution in [-0.2, 0) is 0 Å². The average Bonchev–Trinajstić information content (AvgIpc) is 2.89. The largest absolute Gasteiger partial charge is 0.489 e. The minimum Gasteiger partial charge on any atom is -0.489 e.